The van der Waals surface area contributed by atoms with E-state index in [0.717, 1.165) is 17.2 Å². The molecule has 0 aliphatic carbocycles. The third-order valence-corrected chi connectivity index (χ3v) is 2.70. The summed E-state index contributed by atoms with van der Waals surface area (Å²) in [5.74, 6) is 1.51. The number of hydrogen-bond acceptors (Lipinski definition) is 3. The predicted octanol–water partition coefficient (Wildman–Crippen LogP) is 1.05. The Morgan fingerprint density at radius 1 is 1.18 bits per heavy atom. The predicted molar refractivity (Wildman–Crippen MR) is 63.0 cm³/mol. The molecule has 0 unspecified atom stereocenters. The third kappa shape index (κ3) is 2.68. The van der Waals surface area contributed by atoms with E-state index in [1.807, 2.05) is 11.6 Å². The highest BCUT2D eigenvalue weighted by molar-refractivity contribution is 5.20. The first-order valence-corrected chi connectivity index (χ1v) is 5.52. The smallest absolute Gasteiger partial charge is 0.137 e. The molecule has 0 radical (unpaired) electrons. The number of hydrogen-bond donors (Lipinski definition) is 1. The molecule has 0 atom stereocenters. The lowest BCUT2D eigenvalue weighted by Crippen LogP contribution is -2.09. The molecule has 1 heterocycles. The SMILES string of the molecule is Cn1c(CCN)nnc1Cc1ccc(F)cc1. The Bertz CT molecular complexity index is 490. The number of benzene rings is 1. The zero-order valence-corrected chi connectivity index (χ0v) is 9.73. The molecule has 0 aliphatic rings. The summed E-state index contributed by atoms with van der Waals surface area (Å²) in [6.07, 6.45) is 1.36. The van der Waals surface area contributed by atoms with Crippen molar-refractivity contribution >= 4 is 0 Å². The zero-order valence-electron chi connectivity index (χ0n) is 9.73. The summed E-state index contributed by atoms with van der Waals surface area (Å²) < 4.78 is 14.7. The Morgan fingerprint density at radius 3 is 2.47 bits per heavy atom. The van der Waals surface area contributed by atoms with Crippen molar-refractivity contribution in [3.05, 3.63) is 47.3 Å². The lowest BCUT2D eigenvalue weighted by molar-refractivity contribution is 0.627. The van der Waals surface area contributed by atoms with Gasteiger partial charge in [0.05, 0.1) is 0 Å². The van der Waals surface area contributed by atoms with Crippen LogP contribution in [0.4, 0.5) is 4.39 Å². The fraction of sp³-hybridized carbons (Fsp3) is 0.333. The Morgan fingerprint density at radius 2 is 1.82 bits per heavy atom. The normalized spacial score (nSPS) is 10.8. The molecule has 2 aromatic rings. The Balaban J connectivity index is 2.16. The molecule has 4 nitrogen and oxygen atoms in total. The first kappa shape index (κ1) is 11.7. The zero-order chi connectivity index (χ0) is 12.3. The van der Waals surface area contributed by atoms with Gasteiger partial charge in [-0.1, -0.05) is 12.1 Å². The van der Waals surface area contributed by atoms with E-state index >= 15 is 0 Å². The van der Waals surface area contributed by atoms with Gasteiger partial charge in [0, 0.05) is 19.9 Å². The van der Waals surface area contributed by atoms with Gasteiger partial charge >= 0.3 is 0 Å². The standard InChI is InChI=1S/C12H15FN4/c1-17-11(6-7-14)15-16-12(17)8-9-2-4-10(13)5-3-9/h2-5H,6-8,14H2,1H3. The summed E-state index contributed by atoms with van der Waals surface area (Å²) >= 11 is 0. The van der Waals surface area contributed by atoms with Crippen molar-refractivity contribution < 1.29 is 4.39 Å². The second-order valence-electron chi connectivity index (χ2n) is 3.93. The third-order valence-electron chi connectivity index (χ3n) is 2.70. The molecule has 0 bridgehead atoms. The van der Waals surface area contributed by atoms with E-state index in [-0.39, 0.29) is 5.82 Å². The van der Waals surface area contributed by atoms with Gasteiger partial charge in [-0.2, -0.15) is 0 Å². The van der Waals surface area contributed by atoms with Gasteiger partial charge in [-0.15, -0.1) is 10.2 Å². The summed E-state index contributed by atoms with van der Waals surface area (Å²) in [6, 6.07) is 6.41. The highest BCUT2D eigenvalue weighted by atomic mass is 19.1. The van der Waals surface area contributed by atoms with Crippen molar-refractivity contribution in [2.75, 3.05) is 6.54 Å². The second kappa shape index (κ2) is 5.05. The molecule has 2 rings (SSSR count). The Hall–Kier alpha value is -1.75. The number of nitrogens with zero attached hydrogens (tertiary/aromatic N) is 3. The molecular weight excluding hydrogens is 219 g/mol. The van der Waals surface area contributed by atoms with Gasteiger partial charge in [-0.3, -0.25) is 0 Å². The summed E-state index contributed by atoms with van der Waals surface area (Å²) in [5.41, 5.74) is 6.50. The van der Waals surface area contributed by atoms with E-state index in [9.17, 15) is 4.39 Å². The molecule has 2 N–H and O–H groups in total. The van der Waals surface area contributed by atoms with Crippen LogP contribution in [0, 0.1) is 5.82 Å². The molecule has 5 heteroatoms. The topological polar surface area (TPSA) is 56.7 Å². The molecule has 17 heavy (non-hydrogen) atoms. The summed E-state index contributed by atoms with van der Waals surface area (Å²) in [6.45, 7) is 0.558. The van der Waals surface area contributed by atoms with Crippen LogP contribution in [0.25, 0.3) is 0 Å². The lowest BCUT2D eigenvalue weighted by Gasteiger charge is -2.03. The summed E-state index contributed by atoms with van der Waals surface area (Å²) in [4.78, 5) is 0. The van der Waals surface area contributed by atoms with Crippen LogP contribution in [0.2, 0.25) is 0 Å². The van der Waals surface area contributed by atoms with Crippen LogP contribution in [0.1, 0.15) is 17.2 Å². The van der Waals surface area contributed by atoms with Crippen molar-refractivity contribution in [2.45, 2.75) is 12.8 Å². The molecule has 90 valence electrons. The fourth-order valence-electron chi connectivity index (χ4n) is 1.68. The Kier molecular flexibility index (Phi) is 3.49. The van der Waals surface area contributed by atoms with Gasteiger partial charge < -0.3 is 10.3 Å². The van der Waals surface area contributed by atoms with Gasteiger partial charge in [-0.25, -0.2) is 4.39 Å². The molecular formula is C12H15FN4. The van der Waals surface area contributed by atoms with Crippen LogP contribution in [0.3, 0.4) is 0 Å². The largest absolute Gasteiger partial charge is 0.330 e. The molecule has 1 aromatic carbocycles. The molecule has 0 fully saturated rings. The van der Waals surface area contributed by atoms with Crippen LogP contribution < -0.4 is 5.73 Å². The van der Waals surface area contributed by atoms with E-state index < -0.39 is 0 Å². The van der Waals surface area contributed by atoms with Crippen LogP contribution in [-0.2, 0) is 19.9 Å². The van der Waals surface area contributed by atoms with Gasteiger partial charge in [-0.05, 0) is 24.2 Å². The van der Waals surface area contributed by atoms with Gasteiger partial charge in [0.15, 0.2) is 0 Å². The maximum Gasteiger partial charge on any atom is 0.137 e. The fourth-order valence-corrected chi connectivity index (χ4v) is 1.68. The lowest BCUT2D eigenvalue weighted by atomic mass is 10.1. The van der Waals surface area contributed by atoms with Gasteiger partial charge in [0.25, 0.3) is 0 Å². The molecule has 1 aromatic heterocycles. The molecule has 0 spiro atoms. The minimum Gasteiger partial charge on any atom is -0.330 e. The van der Waals surface area contributed by atoms with Crippen molar-refractivity contribution in [1.82, 2.24) is 14.8 Å². The number of rotatable bonds is 4. The van der Waals surface area contributed by atoms with E-state index in [0.29, 0.717) is 19.4 Å². The number of nitrogens with two attached hydrogens (primary N) is 1. The van der Waals surface area contributed by atoms with Crippen molar-refractivity contribution in [2.24, 2.45) is 12.8 Å². The minimum absolute atomic E-state index is 0.226. The van der Waals surface area contributed by atoms with Crippen LogP contribution in [-0.4, -0.2) is 21.3 Å². The van der Waals surface area contributed by atoms with E-state index in [2.05, 4.69) is 10.2 Å². The first-order valence-electron chi connectivity index (χ1n) is 5.52. The van der Waals surface area contributed by atoms with E-state index in [1.54, 1.807) is 12.1 Å². The number of aromatic nitrogens is 3. The average Bonchev–Trinajstić information content (AvgIpc) is 2.65. The summed E-state index contributed by atoms with van der Waals surface area (Å²) in [5, 5.41) is 8.19. The van der Waals surface area contributed by atoms with E-state index in [4.69, 9.17) is 5.73 Å². The maximum absolute atomic E-state index is 12.8. The molecule has 0 amide bonds. The molecule has 0 saturated heterocycles. The van der Waals surface area contributed by atoms with Gasteiger partial charge in [0.2, 0.25) is 0 Å². The van der Waals surface area contributed by atoms with Crippen LogP contribution in [0.5, 0.6) is 0 Å². The Labute approximate surface area is 99.3 Å². The minimum atomic E-state index is -0.226. The molecule has 0 aliphatic heterocycles. The number of halogens is 1. The maximum atomic E-state index is 12.8. The van der Waals surface area contributed by atoms with Crippen LogP contribution >= 0.6 is 0 Å². The highest BCUT2D eigenvalue weighted by Gasteiger charge is 2.08. The van der Waals surface area contributed by atoms with Crippen molar-refractivity contribution in [3.63, 3.8) is 0 Å². The van der Waals surface area contributed by atoms with E-state index in [1.165, 1.54) is 12.1 Å². The molecule has 0 saturated carbocycles. The monoisotopic (exact) mass is 234 g/mol. The highest BCUT2D eigenvalue weighted by Crippen LogP contribution is 2.09. The first-order chi connectivity index (χ1) is 8.20. The summed E-state index contributed by atoms with van der Waals surface area (Å²) in [7, 11) is 1.92. The van der Waals surface area contributed by atoms with Crippen LogP contribution in [0.15, 0.2) is 24.3 Å². The van der Waals surface area contributed by atoms with Gasteiger partial charge in [0.1, 0.15) is 17.5 Å². The quantitative estimate of drug-likeness (QED) is 0.860. The van der Waals surface area contributed by atoms with Crippen molar-refractivity contribution in [1.29, 1.82) is 0 Å². The second-order valence-corrected chi connectivity index (χ2v) is 3.93. The average molecular weight is 234 g/mol. The van der Waals surface area contributed by atoms with Crippen molar-refractivity contribution in [3.8, 4) is 0 Å².